The summed E-state index contributed by atoms with van der Waals surface area (Å²) in [6.07, 6.45) is 0.810. The molecule has 1 aliphatic heterocycles. The molecular weight excluding hydrogens is 312 g/mol. The van der Waals surface area contributed by atoms with E-state index in [4.69, 9.17) is 0 Å². The van der Waals surface area contributed by atoms with Gasteiger partial charge < -0.3 is 10.4 Å². The first-order valence-electron chi connectivity index (χ1n) is 8.75. The van der Waals surface area contributed by atoms with Crippen LogP contribution in [0.3, 0.4) is 0 Å². The molecule has 1 saturated heterocycles. The number of rotatable bonds is 4. The average molecular weight is 338 g/mol. The number of hydrogen-bond donors (Lipinski definition) is 2. The van der Waals surface area contributed by atoms with Crippen LogP contribution >= 0.6 is 0 Å². The summed E-state index contributed by atoms with van der Waals surface area (Å²) in [5, 5.41) is 12.1. The van der Waals surface area contributed by atoms with Crippen molar-refractivity contribution in [2.45, 2.75) is 45.3 Å². The van der Waals surface area contributed by atoms with Crippen LogP contribution in [0.1, 0.15) is 37.5 Å². The van der Waals surface area contributed by atoms with Crippen molar-refractivity contribution in [2.24, 2.45) is 0 Å². The van der Waals surface area contributed by atoms with Crippen molar-refractivity contribution >= 4 is 11.7 Å². The number of aliphatic hydroxyl groups is 1. The third-order valence-electron chi connectivity index (χ3n) is 4.76. The molecule has 132 valence electrons. The highest BCUT2D eigenvalue weighted by molar-refractivity contribution is 5.95. The van der Waals surface area contributed by atoms with E-state index >= 15 is 0 Å². The predicted molar refractivity (Wildman–Crippen MR) is 101 cm³/mol. The molecule has 1 fully saturated rings. The van der Waals surface area contributed by atoms with Gasteiger partial charge in [0.15, 0.2) is 0 Å². The maximum absolute atomic E-state index is 12.3. The van der Waals surface area contributed by atoms with Crippen LogP contribution in [0, 0.1) is 0 Å². The monoisotopic (exact) mass is 338 g/mol. The first kappa shape index (κ1) is 17.5. The Kier molecular flexibility index (Phi) is 4.82. The lowest BCUT2D eigenvalue weighted by Crippen LogP contribution is -2.35. The van der Waals surface area contributed by atoms with Crippen LogP contribution in [0.15, 0.2) is 48.5 Å². The molecule has 3 rings (SSSR count). The predicted octanol–water partition coefficient (Wildman–Crippen LogP) is 3.62. The van der Waals surface area contributed by atoms with Gasteiger partial charge in [0.2, 0.25) is 0 Å². The number of carbonyl (C=O) groups excluding carboxylic acids is 1. The van der Waals surface area contributed by atoms with Gasteiger partial charge in [-0.15, -0.1) is 0 Å². The van der Waals surface area contributed by atoms with Crippen LogP contribution in [0.5, 0.6) is 0 Å². The molecule has 0 aromatic heterocycles. The highest BCUT2D eigenvalue weighted by atomic mass is 16.3. The summed E-state index contributed by atoms with van der Waals surface area (Å²) < 4.78 is 0. The van der Waals surface area contributed by atoms with Crippen molar-refractivity contribution in [3.63, 3.8) is 0 Å². The fourth-order valence-electron chi connectivity index (χ4n) is 3.21. The molecule has 0 saturated carbocycles. The van der Waals surface area contributed by atoms with Gasteiger partial charge in [-0.1, -0.05) is 57.2 Å². The number of carbonyl (C=O) groups is 1. The third-order valence-corrected chi connectivity index (χ3v) is 4.76. The SMILES string of the molecule is CC(C)(C)c1ccc(CC2CNC(=O)N2c2ccc(CO)cc2)cc1. The van der Waals surface area contributed by atoms with Crippen LogP contribution in [0.2, 0.25) is 0 Å². The molecule has 1 unspecified atom stereocenters. The molecule has 0 radical (unpaired) electrons. The standard InChI is InChI=1S/C21H26N2O2/c1-21(2,3)17-8-4-15(5-9-17)12-19-13-22-20(25)23(19)18-10-6-16(14-24)7-11-18/h4-11,19,24H,12-14H2,1-3H3,(H,22,25). The molecule has 2 aromatic carbocycles. The molecule has 4 nitrogen and oxygen atoms in total. The van der Waals surface area contributed by atoms with E-state index in [1.807, 2.05) is 29.2 Å². The van der Waals surface area contributed by atoms with Gasteiger partial charge in [-0.3, -0.25) is 4.90 Å². The lowest BCUT2D eigenvalue weighted by molar-refractivity contribution is 0.251. The Morgan fingerprint density at radius 2 is 1.64 bits per heavy atom. The summed E-state index contributed by atoms with van der Waals surface area (Å²) >= 11 is 0. The Morgan fingerprint density at radius 1 is 1.04 bits per heavy atom. The van der Waals surface area contributed by atoms with E-state index in [9.17, 15) is 9.90 Å². The minimum absolute atomic E-state index is 0.00995. The van der Waals surface area contributed by atoms with Crippen molar-refractivity contribution in [3.8, 4) is 0 Å². The maximum Gasteiger partial charge on any atom is 0.322 e. The van der Waals surface area contributed by atoms with E-state index in [-0.39, 0.29) is 24.1 Å². The van der Waals surface area contributed by atoms with Crippen LogP contribution < -0.4 is 10.2 Å². The smallest absolute Gasteiger partial charge is 0.322 e. The number of anilines is 1. The third kappa shape index (κ3) is 3.85. The molecule has 1 aliphatic rings. The summed E-state index contributed by atoms with van der Waals surface area (Å²) in [5.41, 5.74) is 4.39. The molecular formula is C21H26N2O2. The summed E-state index contributed by atoms with van der Waals surface area (Å²) in [6, 6.07) is 16.2. The second kappa shape index (κ2) is 6.89. The summed E-state index contributed by atoms with van der Waals surface area (Å²) in [7, 11) is 0. The minimum Gasteiger partial charge on any atom is -0.392 e. The van der Waals surface area contributed by atoms with Crippen molar-refractivity contribution in [1.82, 2.24) is 5.32 Å². The largest absolute Gasteiger partial charge is 0.392 e. The number of amides is 2. The fourth-order valence-corrected chi connectivity index (χ4v) is 3.21. The Labute approximate surface area is 149 Å². The Balaban J connectivity index is 1.77. The Hall–Kier alpha value is -2.33. The summed E-state index contributed by atoms with van der Waals surface area (Å²) in [4.78, 5) is 14.1. The number of hydrogen-bond acceptors (Lipinski definition) is 2. The lowest BCUT2D eigenvalue weighted by atomic mass is 9.86. The Bertz CT molecular complexity index is 730. The van der Waals surface area contributed by atoms with Gasteiger partial charge in [0, 0.05) is 12.2 Å². The van der Waals surface area contributed by atoms with Crippen molar-refractivity contribution < 1.29 is 9.90 Å². The van der Waals surface area contributed by atoms with Crippen LogP contribution in [-0.2, 0) is 18.4 Å². The molecule has 2 N–H and O–H groups in total. The summed E-state index contributed by atoms with van der Waals surface area (Å²) in [6.45, 7) is 7.27. The first-order valence-corrected chi connectivity index (χ1v) is 8.75. The maximum atomic E-state index is 12.3. The van der Waals surface area contributed by atoms with Gasteiger partial charge in [-0.2, -0.15) is 0 Å². The van der Waals surface area contributed by atoms with Gasteiger partial charge in [0.25, 0.3) is 0 Å². The second-order valence-electron chi connectivity index (χ2n) is 7.69. The van der Waals surface area contributed by atoms with E-state index in [2.05, 4.69) is 50.4 Å². The molecule has 0 spiro atoms. The molecule has 1 heterocycles. The number of benzene rings is 2. The van der Waals surface area contributed by atoms with Crippen LogP contribution in [0.4, 0.5) is 10.5 Å². The van der Waals surface area contributed by atoms with E-state index in [0.717, 1.165) is 17.7 Å². The van der Waals surface area contributed by atoms with E-state index in [1.54, 1.807) is 0 Å². The molecule has 0 aliphatic carbocycles. The molecule has 25 heavy (non-hydrogen) atoms. The minimum atomic E-state index is -0.0620. The normalized spacial score (nSPS) is 17.7. The van der Waals surface area contributed by atoms with Gasteiger partial charge in [-0.05, 0) is 40.7 Å². The van der Waals surface area contributed by atoms with E-state index in [1.165, 1.54) is 11.1 Å². The van der Waals surface area contributed by atoms with E-state index < -0.39 is 0 Å². The highest BCUT2D eigenvalue weighted by Gasteiger charge is 2.31. The van der Waals surface area contributed by atoms with Crippen LogP contribution in [-0.4, -0.2) is 23.7 Å². The second-order valence-corrected chi connectivity index (χ2v) is 7.69. The Morgan fingerprint density at radius 3 is 2.20 bits per heavy atom. The van der Waals surface area contributed by atoms with E-state index in [0.29, 0.717) is 6.54 Å². The van der Waals surface area contributed by atoms with Gasteiger partial charge in [0.1, 0.15) is 0 Å². The zero-order valence-corrected chi connectivity index (χ0v) is 15.1. The zero-order valence-electron chi connectivity index (χ0n) is 15.1. The first-order chi connectivity index (χ1) is 11.9. The number of urea groups is 1. The quantitative estimate of drug-likeness (QED) is 0.895. The van der Waals surface area contributed by atoms with Crippen molar-refractivity contribution in [2.75, 3.05) is 11.4 Å². The fraction of sp³-hybridized carbons (Fsp3) is 0.381. The van der Waals surface area contributed by atoms with Gasteiger partial charge >= 0.3 is 6.03 Å². The topological polar surface area (TPSA) is 52.6 Å². The highest BCUT2D eigenvalue weighted by Crippen LogP contribution is 2.25. The van der Waals surface area contributed by atoms with Crippen molar-refractivity contribution in [3.05, 3.63) is 65.2 Å². The molecule has 0 bridgehead atoms. The van der Waals surface area contributed by atoms with Crippen molar-refractivity contribution in [1.29, 1.82) is 0 Å². The number of nitrogens with one attached hydrogen (secondary N) is 1. The molecule has 1 atom stereocenters. The lowest BCUT2D eigenvalue weighted by Gasteiger charge is -2.24. The molecule has 2 amide bonds. The zero-order chi connectivity index (χ0) is 18.0. The van der Waals surface area contributed by atoms with Gasteiger partial charge in [0.05, 0.1) is 12.6 Å². The molecule has 2 aromatic rings. The number of aliphatic hydroxyl groups excluding tert-OH is 1. The number of nitrogens with zero attached hydrogens (tertiary/aromatic N) is 1. The van der Waals surface area contributed by atoms with Gasteiger partial charge in [-0.25, -0.2) is 4.79 Å². The van der Waals surface area contributed by atoms with Crippen LogP contribution in [0.25, 0.3) is 0 Å². The summed E-state index contributed by atoms with van der Waals surface area (Å²) in [5.74, 6) is 0. The average Bonchev–Trinajstić information content (AvgIpc) is 2.95. The molecule has 4 heteroatoms.